The van der Waals surface area contributed by atoms with Crippen LogP contribution in [0, 0.1) is 0 Å². The van der Waals surface area contributed by atoms with Crippen LogP contribution in [0.15, 0.2) is 42.4 Å². The predicted molar refractivity (Wildman–Crippen MR) is 93.4 cm³/mol. The van der Waals surface area contributed by atoms with Gasteiger partial charge in [0.1, 0.15) is 12.3 Å². The van der Waals surface area contributed by atoms with Crippen molar-refractivity contribution in [3.8, 4) is 11.5 Å². The smallest absolute Gasteiger partial charge is 0.231 e. The Morgan fingerprint density at radius 2 is 2.16 bits per heavy atom. The number of ether oxygens (including phenoxy) is 1. The van der Waals surface area contributed by atoms with Crippen LogP contribution < -0.4 is 14.7 Å². The van der Waals surface area contributed by atoms with E-state index < -0.39 is 0 Å². The molecule has 0 amide bonds. The average Bonchev–Trinajstić information content (AvgIpc) is 2.93. The second-order valence-corrected chi connectivity index (χ2v) is 6.38. The van der Waals surface area contributed by atoms with E-state index in [2.05, 4.69) is 19.0 Å². The maximum Gasteiger partial charge on any atom is 0.231 e. The number of hydrogen-bond acceptors (Lipinski definition) is 4. The first-order chi connectivity index (χ1) is 12.1. The number of carbonyl (C=O) groups excluding carboxylic acids is 1. The van der Waals surface area contributed by atoms with Gasteiger partial charge in [-0.1, -0.05) is 31.2 Å². The number of unbranched alkanes of at least 4 members (excludes halogenated alkanes) is 1. The molecule has 2 heterocycles. The van der Waals surface area contributed by atoms with Gasteiger partial charge in [-0.25, -0.2) is 0 Å². The Hall–Kier alpha value is -2.66. The van der Waals surface area contributed by atoms with Crippen LogP contribution in [-0.4, -0.2) is 24.4 Å². The van der Waals surface area contributed by atoms with Crippen LogP contribution in [-0.2, 0) is 6.54 Å². The van der Waals surface area contributed by atoms with Crippen LogP contribution >= 0.6 is 0 Å². The number of benzene rings is 1. The molecule has 0 saturated heterocycles. The highest BCUT2D eigenvalue weighted by molar-refractivity contribution is 6.14. The number of pyridine rings is 1. The second kappa shape index (κ2) is 7.49. The minimum Gasteiger partial charge on any atom is -0.872 e. The molecule has 0 saturated carbocycles. The summed E-state index contributed by atoms with van der Waals surface area (Å²) in [6.07, 6.45) is 7.21. The molecule has 1 N–H and O–H groups in total. The van der Waals surface area contributed by atoms with E-state index in [1.165, 1.54) is 11.0 Å². The number of nitrogens with zero attached hydrogens (tertiary/aromatic N) is 1. The van der Waals surface area contributed by atoms with Gasteiger partial charge in [0.05, 0.1) is 19.2 Å². The van der Waals surface area contributed by atoms with E-state index >= 15 is 0 Å². The molecule has 1 aromatic carbocycles. The Morgan fingerprint density at radius 1 is 1.32 bits per heavy atom. The number of allylic oxidation sites excluding steroid dienone is 1. The van der Waals surface area contributed by atoms with Crippen molar-refractivity contribution < 1.29 is 19.5 Å². The molecular formula is C20H22N2O3. The van der Waals surface area contributed by atoms with Crippen LogP contribution in [0.1, 0.15) is 41.3 Å². The topological polar surface area (TPSA) is 66.7 Å². The number of fused-ring (bicyclic) bond motifs is 1. The van der Waals surface area contributed by atoms with Crippen LogP contribution in [0.25, 0.3) is 6.08 Å². The summed E-state index contributed by atoms with van der Waals surface area (Å²) < 4.78 is 5.81. The normalized spacial score (nSPS) is 15.9. The highest BCUT2D eigenvalue weighted by Crippen LogP contribution is 2.38. The lowest BCUT2D eigenvalue weighted by molar-refractivity contribution is -0.894. The molecular weight excluding hydrogens is 316 g/mol. The summed E-state index contributed by atoms with van der Waals surface area (Å²) in [6.45, 7) is 3.67. The summed E-state index contributed by atoms with van der Waals surface area (Å²) in [7, 11) is 2.05. The summed E-state index contributed by atoms with van der Waals surface area (Å²) >= 11 is 0. The third-order valence-electron chi connectivity index (χ3n) is 4.32. The number of hydrogen-bond donors (Lipinski definition) is 1. The summed E-state index contributed by atoms with van der Waals surface area (Å²) in [5.41, 5.74) is 1.83. The molecule has 0 radical (unpaired) electrons. The fourth-order valence-electron chi connectivity index (χ4n) is 2.94. The van der Waals surface area contributed by atoms with E-state index in [-0.39, 0.29) is 17.3 Å². The van der Waals surface area contributed by atoms with Gasteiger partial charge in [0.15, 0.2) is 5.76 Å². The summed E-state index contributed by atoms with van der Waals surface area (Å²) in [5, 5.41) is 12.3. The first-order valence-corrected chi connectivity index (χ1v) is 8.58. The van der Waals surface area contributed by atoms with Gasteiger partial charge >= 0.3 is 0 Å². The van der Waals surface area contributed by atoms with Crippen LogP contribution in [0.3, 0.4) is 0 Å². The maximum absolute atomic E-state index is 12.6. The molecule has 1 aliphatic heterocycles. The number of carbonyl (C=O) groups is 1. The SMILES string of the molecule is CCCC[NH+](C)Cc1c([O-])ccc2c1O/C(=C\c1cccnc1)C2=O. The van der Waals surface area contributed by atoms with Gasteiger partial charge in [0.2, 0.25) is 5.78 Å². The molecule has 0 fully saturated rings. The molecule has 0 spiro atoms. The lowest BCUT2D eigenvalue weighted by Crippen LogP contribution is -3.07. The zero-order valence-electron chi connectivity index (χ0n) is 14.5. The van der Waals surface area contributed by atoms with Crippen molar-refractivity contribution in [2.24, 2.45) is 0 Å². The van der Waals surface area contributed by atoms with Crippen LogP contribution in [0.5, 0.6) is 11.5 Å². The van der Waals surface area contributed by atoms with Crippen molar-refractivity contribution in [3.05, 3.63) is 59.1 Å². The number of nitrogens with one attached hydrogen (secondary N) is 1. The van der Waals surface area contributed by atoms with Gasteiger partial charge in [-0.05, 0) is 30.2 Å². The van der Waals surface area contributed by atoms with E-state index in [0.29, 0.717) is 23.4 Å². The number of Topliss-reactive ketones (excluding diaryl/α,β-unsaturated/α-hetero) is 1. The molecule has 1 aromatic heterocycles. The summed E-state index contributed by atoms with van der Waals surface area (Å²) in [4.78, 5) is 17.9. The predicted octanol–water partition coefficient (Wildman–Crippen LogP) is 1.59. The summed E-state index contributed by atoms with van der Waals surface area (Å²) in [6, 6.07) is 6.68. The number of rotatable bonds is 6. The van der Waals surface area contributed by atoms with Crippen LogP contribution in [0.2, 0.25) is 0 Å². The maximum atomic E-state index is 12.6. The van der Waals surface area contributed by atoms with Crippen molar-refractivity contribution in [3.63, 3.8) is 0 Å². The van der Waals surface area contributed by atoms with Crippen molar-refractivity contribution in [1.29, 1.82) is 0 Å². The number of ketones is 1. The number of quaternary nitrogens is 1. The van der Waals surface area contributed by atoms with E-state index in [1.54, 1.807) is 30.6 Å². The molecule has 25 heavy (non-hydrogen) atoms. The first-order valence-electron chi connectivity index (χ1n) is 8.58. The first kappa shape index (κ1) is 17.2. The molecule has 5 nitrogen and oxygen atoms in total. The van der Waals surface area contributed by atoms with E-state index in [4.69, 9.17) is 4.74 Å². The third-order valence-corrected chi connectivity index (χ3v) is 4.32. The zero-order chi connectivity index (χ0) is 17.8. The minimum atomic E-state index is -0.189. The van der Waals surface area contributed by atoms with Crippen LogP contribution in [0.4, 0.5) is 0 Å². The average molecular weight is 338 g/mol. The van der Waals surface area contributed by atoms with Gasteiger partial charge in [0, 0.05) is 18.0 Å². The third kappa shape index (κ3) is 3.72. The molecule has 2 aromatic rings. The molecule has 0 bridgehead atoms. The van der Waals surface area contributed by atoms with Gasteiger partial charge in [-0.2, -0.15) is 0 Å². The Labute approximate surface area is 147 Å². The Balaban J connectivity index is 1.89. The van der Waals surface area contributed by atoms with Crippen molar-refractivity contribution in [2.45, 2.75) is 26.3 Å². The van der Waals surface area contributed by atoms with Gasteiger partial charge in [-0.3, -0.25) is 9.78 Å². The molecule has 1 aliphatic rings. The Morgan fingerprint density at radius 3 is 2.88 bits per heavy atom. The summed E-state index contributed by atoms with van der Waals surface area (Å²) in [5.74, 6) is 0.390. The number of aromatic nitrogens is 1. The standard InChI is InChI=1S/C20H22N2O3/c1-3-4-10-22(2)13-16-17(23)8-7-15-19(24)18(25-20(15)16)11-14-6-5-9-21-12-14/h5-9,11-12,23H,3-4,10,13H2,1-2H3/b18-11-. The second-order valence-electron chi connectivity index (χ2n) is 6.38. The lowest BCUT2D eigenvalue weighted by Gasteiger charge is -2.20. The quantitative estimate of drug-likeness (QED) is 0.812. The fraction of sp³-hybridized carbons (Fsp3) is 0.300. The van der Waals surface area contributed by atoms with Gasteiger partial charge in [-0.15, -0.1) is 0 Å². The monoisotopic (exact) mass is 338 g/mol. The highest BCUT2D eigenvalue weighted by atomic mass is 16.5. The minimum absolute atomic E-state index is 0.0787. The zero-order valence-corrected chi connectivity index (χ0v) is 14.5. The van der Waals surface area contributed by atoms with Gasteiger partial charge in [0.25, 0.3) is 0 Å². The van der Waals surface area contributed by atoms with Crippen molar-refractivity contribution in [2.75, 3.05) is 13.6 Å². The molecule has 130 valence electrons. The molecule has 3 rings (SSSR count). The Bertz CT molecular complexity index is 800. The lowest BCUT2D eigenvalue weighted by atomic mass is 10.0. The molecule has 5 heteroatoms. The van der Waals surface area contributed by atoms with E-state index in [1.807, 2.05) is 6.07 Å². The Kier molecular flexibility index (Phi) is 5.14. The van der Waals surface area contributed by atoms with Crippen molar-refractivity contribution in [1.82, 2.24) is 4.98 Å². The largest absolute Gasteiger partial charge is 0.872 e. The molecule has 1 unspecified atom stereocenters. The fourth-order valence-corrected chi connectivity index (χ4v) is 2.94. The van der Waals surface area contributed by atoms with Crippen molar-refractivity contribution >= 4 is 11.9 Å². The molecule has 1 atom stereocenters. The highest BCUT2D eigenvalue weighted by Gasteiger charge is 2.30. The van der Waals surface area contributed by atoms with E-state index in [9.17, 15) is 9.90 Å². The van der Waals surface area contributed by atoms with Gasteiger partial charge < -0.3 is 14.7 Å². The molecule has 0 aliphatic carbocycles. The van der Waals surface area contributed by atoms with E-state index in [0.717, 1.165) is 24.9 Å².